The summed E-state index contributed by atoms with van der Waals surface area (Å²) in [5, 5.41) is 5.47. The first-order valence-electron chi connectivity index (χ1n) is 5.23. The third-order valence-corrected chi connectivity index (χ3v) is 3.36. The number of ether oxygens (including phenoxy) is 1. The lowest BCUT2D eigenvalue weighted by molar-refractivity contribution is 0.196. The molecule has 0 atom stereocenters. The predicted octanol–water partition coefficient (Wildman–Crippen LogP) is 1.57. The highest BCUT2D eigenvalue weighted by Gasteiger charge is 2.09. The van der Waals surface area contributed by atoms with Crippen molar-refractivity contribution >= 4 is 21.4 Å². The summed E-state index contributed by atoms with van der Waals surface area (Å²) in [4.78, 5) is 7.46. The minimum Gasteiger partial charge on any atom is -0.385 e. The van der Waals surface area contributed by atoms with Gasteiger partial charge in [0.1, 0.15) is 0 Å². The van der Waals surface area contributed by atoms with Gasteiger partial charge in [-0.3, -0.25) is 0 Å². The van der Waals surface area contributed by atoms with E-state index in [4.69, 9.17) is 4.74 Å². The van der Waals surface area contributed by atoms with Crippen LogP contribution in [0.1, 0.15) is 12.1 Å². The molecule has 2 aromatic heterocycles. The highest BCUT2D eigenvalue weighted by Crippen LogP contribution is 2.21. The standard InChI is InChI=1S/C10H16N4OS/c1-8-7-14-9(11-8)16-10(12-14)13(2)5-4-6-15-3/h7H,4-6H2,1-3H3. The smallest absolute Gasteiger partial charge is 0.214 e. The summed E-state index contributed by atoms with van der Waals surface area (Å²) in [5.41, 5.74) is 1.01. The van der Waals surface area contributed by atoms with Crippen molar-refractivity contribution in [1.82, 2.24) is 14.6 Å². The van der Waals surface area contributed by atoms with Crippen molar-refractivity contribution in [2.24, 2.45) is 0 Å². The summed E-state index contributed by atoms with van der Waals surface area (Å²) in [6, 6.07) is 0. The Hall–Kier alpha value is -1.14. The van der Waals surface area contributed by atoms with E-state index in [0.717, 1.165) is 35.4 Å². The van der Waals surface area contributed by atoms with Crippen LogP contribution in [0, 0.1) is 6.92 Å². The Morgan fingerprint density at radius 3 is 3.06 bits per heavy atom. The Morgan fingerprint density at radius 1 is 1.56 bits per heavy atom. The fourth-order valence-electron chi connectivity index (χ4n) is 1.49. The molecule has 0 radical (unpaired) electrons. The van der Waals surface area contributed by atoms with E-state index in [0.29, 0.717) is 0 Å². The first kappa shape index (κ1) is 11.3. The molecule has 0 saturated heterocycles. The fraction of sp³-hybridized carbons (Fsp3) is 0.600. The van der Waals surface area contributed by atoms with Gasteiger partial charge in [0.15, 0.2) is 0 Å². The van der Waals surface area contributed by atoms with Crippen LogP contribution in [0.5, 0.6) is 0 Å². The second-order valence-corrected chi connectivity index (χ2v) is 4.70. The number of aromatic nitrogens is 3. The van der Waals surface area contributed by atoms with Crippen LogP contribution in [0.25, 0.3) is 4.96 Å². The van der Waals surface area contributed by atoms with Crippen LogP contribution in [-0.4, -0.2) is 41.9 Å². The molecule has 2 rings (SSSR count). The van der Waals surface area contributed by atoms with Crippen LogP contribution >= 0.6 is 11.3 Å². The third-order valence-electron chi connectivity index (χ3n) is 2.32. The lowest BCUT2D eigenvalue weighted by Gasteiger charge is -2.14. The summed E-state index contributed by atoms with van der Waals surface area (Å²) < 4.78 is 6.86. The zero-order valence-corrected chi connectivity index (χ0v) is 10.6. The van der Waals surface area contributed by atoms with Crippen LogP contribution in [0.2, 0.25) is 0 Å². The van der Waals surface area contributed by atoms with Crippen LogP contribution < -0.4 is 4.90 Å². The molecule has 0 bridgehead atoms. The van der Waals surface area contributed by atoms with E-state index < -0.39 is 0 Å². The maximum atomic E-state index is 5.03. The number of imidazole rings is 1. The number of rotatable bonds is 5. The van der Waals surface area contributed by atoms with Gasteiger partial charge < -0.3 is 9.64 Å². The Labute approximate surface area is 98.7 Å². The van der Waals surface area contributed by atoms with Gasteiger partial charge in [-0.05, 0) is 13.3 Å². The molecule has 0 fully saturated rings. The van der Waals surface area contributed by atoms with Crippen molar-refractivity contribution < 1.29 is 4.74 Å². The Bertz CT molecular complexity index is 433. The zero-order chi connectivity index (χ0) is 11.5. The second kappa shape index (κ2) is 4.80. The molecule has 0 aliphatic rings. The zero-order valence-electron chi connectivity index (χ0n) is 9.80. The van der Waals surface area contributed by atoms with E-state index in [-0.39, 0.29) is 0 Å². The Balaban J connectivity index is 2.05. The first-order valence-corrected chi connectivity index (χ1v) is 6.05. The van der Waals surface area contributed by atoms with Crippen molar-refractivity contribution in [2.45, 2.75) is 13.3 Å². The highest BCUT2D eigenvalue weighted by atomic mass is 32.1. The fourth-order valence-corrected chi connectivity index (χ4v) is 2.41. The molecule has 88 valence electrons. The second-order valence-electron chi connectivity index (χ2n) is 3.76. The Morgan fingerprint density at radius 2 is 2.38 bits per heavy atom. The summed E-state index contributed by atoms with van der Waals surface area (Å²) in [6.07, 6.45) is 2.95. The van der Waals surface area contributed by atoms with Crippen molar-refractivity contribution in [2.75, 3.05) is 32.2 Å². The number of hydrogen-bond acceptors (Lipinski definition) is 5. The minimum atomic E-state index is 0.784. The van der Waals surface area contributed by atoms with E-state index in [1.54, 1.807) is 18.4 Å². The van der Waals surface area contributed by atoms with E-state index in [1.807, 2.05) is 24.7 Å². The van der Waals surface area contributed by atoms with E-state index >= 15 is 0 Å². The SMILES string of the molecule is COCCCN(C)c1nn2cc(C)nc2s1. The van der Waals surface area contributed by atoms with Gasteiger partial charge in [-0.25, -0.2) is 9.50 Å². The predicted molar refractivity (Wildman–Crippen MR) is 65.4 cm³/mol. The van der Waals surface area contributed by atoms with Crippen molar-refractivity contribution in [3.05, 3.63) is 11.9 Å². The van der Waals surface area contributed by atoms with Crippen LogP contribution in [0.3, 0.4) is 0 Å². The topological polar surface area (TPSA) is 42.7 Å². The number of nitrogens with zero attached hydrogens (tertiary/aromatic N) is 4. The Kier molecular flexibility index (Phi) is 3.40. The maximum absolute atomic E-state index is 5.03. The minimum absolute atomic E-state index is 0.784. The number of fused-ring (bicyclic) bond motifs is 1. The molecule has 6 heteroatoms. The molecule has 0 unspecified atom stereocenters. The van der Waals surface area contributed by atoms with Crippen LogP contribution in [-0.2, 0) is 4.74 Å². The molecule has 0 amide bonds. The van der Waals surface area contributed by atoms with Crippen molar-refractivity contribution in [1.29, 1.82) is 0 Å². The van der Waals surface area contributed by atoms with E-state index in [9.17, 15) is 0 Å². The van der Waals surface area contributed by atoms with E-state index in [2.05, 4.69) is 15.0 Å². The number of methoxy groups -OCH3 is 1. The molecule has 0 aromatic carbocycles. The third kappa shape index (κ3) is 2.33. The van der Waals surface area contributed by atoms with E-state index in [1.165, 1.54) is 0 Å². The summed E-state index contributed by atoms with van der Waals surface area (Å²) in [5.74, 6) is 0. The van der Waals surface area contributed by atoms with Gasteiger partial charge in [-0.1, -0.05) is 11.3 Å². The van der Waals surface area contributed by atoms with Crippen LogP contribution in [0.4, 0.5) is 5.13 Å². The molecule has 2 aromatic rings. The largest absolute Gasteiger partial charge is 0.385 e. The number of hydrogen-bond donors (Lipinski definition) is 0. The number of anilines is 1. The summed E-state index contributed by atoms with van der Waals surface area (Å²) >= 11 is 1.61. The maximum Gasteiger partial charge on any atom is 0.214 e. The lowest BCUT2D eigenvalue weighted by Crippen LogP contribution is -2.19. The number of aryl methyl sites for hydroxylation is 1. The van der Waals surface area contributed by atoms with Gasteiger partial charge in [0.25, 0.3) is 0 Å². The average molecular weight is 240 g/mol. The highest BCUT2D eigenvalue weighted by molar-refractivity contribution is 7.20. The molecular weight excluding hydrogens is 224 g/mol. The summed E-state index contributed by atoms with van der Waals surface area (Å²) in [6.45, 7) is 3.71. The van der Waals surface area contributed by atoms with Gasteiger partial charge in [0.05, 0.1) is 11.9 Å². The molecular formula is C10H16N4OS. The average Bonchev–Trinajstić information content (AvgIpc) is 2.74. The van der Waals surface area contributed by atoms with Gasteiger partial charge in [-0.15, -0.1) is 5.10 Å². The van der Waals surface area contributed by atoms with Gasteiger partial charge in [-0.2, -0.15) is 0 Å². The monoisotopic (exact) mass is 240 g/mol. The normalized spacial score (nSPS) is 11.2. The molecule has 0 saturated carbocycles. The van der Waals surface area contributed by atoms with Crippen LogP contribution in [0.15, 0.2) is 6.20 Å². The quantitative estimate of drug-likeness (QED) is 0.744. The summed E-state index contributed by atoms with van der Waals surface area (Å²) in [7, 11) is 3.76. The molecule has 0 spiro atoms. The molecule has 0 N–H and O–H groups in total. The molecule has 0 aliphatic heterocycles. The van der Waals surface area contributed by atoms with Crippen molar-refractivity contribution in [3.63, 3.8) is 0 Å². The molecule has 5 nitrogen and oxygen atoms in total. The first-order chi connectivity index (χ1) is 7.70. The molecule has 2 heterocycles. The van der Waals surface area contributed by atoms with Crippen molar-refractivity contribution in [3.8, 4) is 0 Å². The van der Waals surface area contributed by atoms with Gasteiger partial charge in [0, 0.05) is 27.3 Å². The lowest BCUT2D eigenvalue weighted by atomic mass is 10.4. The van der Waals surface area contributed by atoms with Gasteiger partial charge >= 0.3 is 0 Å². The molecule has 0 aliphatic carbocycles. The molecule has 16 heavy (non-hydrogen) atoms. The van der Waals surface area contributed by atoms with Gasteiger partial charge in [0.2, 0.25) is 10.1 Å².